The minimum atomic E-state index is -0.111. The second-order valence-electron chi connectivity index (χ2n) is 5.06. The third-order valence-corrected chi connectivity index (χ3v) is 3.54. The van der Waals surface area contributed by atoms with Gasteiger partial charge in [-0.1, -0.05) is 48.5 Å². The van der Waals surface area contributed by atoms with E-state index in [0.29, 0.717) is 30.0 Å². The van der Waals surface area contributed by atoms with Gasteiger partial charge in [0.05, 0.1) is 17.7 Å². The van der Waals surface area contributed by atoms with Crippen LogP contribution in [0.1, 0.15) is 6.42 Å². The largest absolute Gasteiger partial charge is 0.491 e. The zero-order valence-corrected chi connectivity index (χ0v) is 12.2. The molecule has 2 aromatic carbocycles. The third kappa shape index (κ3) is 2.73. The smallest absolute Gasteiger partial charge is 0.256 e. The van der Waals surface area contributed by atoms with Crippen LogP contribution >= 0.6 is 0 Å². The number of nitrogens with two attached hydrogens (primary N) is 1. The Morgan fingerprint density at radius 3 is 2.36 bits per heavy atom. The van der Waals surface area contributed by atoms with E-state index in [4.69, 9.17) is 10.5 Å². The molecule has 0 radical (unpaired) electrons. The summed E-state index contributed by atoms with van der Waals surface area (Å²) in [7, 11) is 0. The van der Waals surface area contributed by atoms with Crippen molar-refractivity contribution in [1.29, 1.82) is 0 Å². The summed E-state index contributed by atoms with van der Waals surface area (Å²) < 4.78 is 5.95. The molecule has 112 valence electrons. The Labute approximate surface area is 128 Å². The van der Waals surface area contributed by atoms with Crippen LogP contribution in [0.2, 0.25) is 0 Å². The molecule has 1 heterocycles. The van der Waals surface area contributed by atoms with Gasteiger partial charge in [0, 0.05) is 10.9 Å². The van der Waals surface area contributed by atoms with E-state index in [-0.39, 0.29) is 5.56 Å². The van der Waals surface area contributed by atoms with Gasteiger partial charge in [0.2, 0.25) is 0 Å². The molecule has 3 N–H and O–H groups in total. The van der Waals surface area contributed by atoms with E-state index >= 15 is 0 Å². The Hall–Kier alpha value is -2.59. The molecule has 3 rings (SSSR count). The number of aromatic amines is 1. The van der Waals surface area contributed by atoms with Crippen molar-refractivity contribution in [2.75, 3.05) is 13.2 Å². The van der Waals surface area contributed by atoms with Gasteiger partial charge >= 0.3 is 0 Å². The molecule has 0 spiro atoms. The zero-order chi connectivity index (χ0) is 15.4. The summed E-state index contributed by atoms with van der Waals surface area (Å²) in [6, 6.07) is 17.2. The van der Waals surface area contributed by atoms with Crippen LogP contribution in [0, 0.1) is 0 Å². The highest BCUT2D eigenvalue weighted by Crippen LogP contribution is 2.33. The monoisotopic (exact) mass is 294 g/mol. The van der Waals surface area contributed by atoms with Crippen LogP contribution < -0.4 is 16.0 Å². The summed E-state index contributed by atoms with van der Waals surface area (Å²) in [5, 5.41) is 1.45. The highest BCUT2D eigenvalue weighted by Gasteiger charge is 2.13. The number of benzene rings is 2. The second kappa shape index (κ2) is 6.45. The lowest BCUT2D eigenvalue weighted by molar-refractivity contribution is 0.317. The number of hydrogen-bond acceptors (Lipinski definition) is 3. The summed E-state index contributed by atoms with van der Waals surface area (Å²) in [6.07, 6.45) is 0.766. The number of aromatic nitrogens is 1. The quantitative estimate of drug-likeness (QED) is 0.711. The number of H-pyrrole nitrogens is 1. The van der Waals surface area contributed by atoms with Crippen LogP contribution in [0.25, 0.3) is 22.0 Å². The molecule has 4 nitrogen and oxygen atoms in total. The lowest BCUT2D eigenvalue weighted by atomic mass is 10.1. The fourth-order valence-corrected chi connectivity index (χ4v) is 2.47. The molecule has 0 saturated carbocycles. The number of pyridine rings is 1. The highest BCUT2D eigenvalue weighted by atomic mass is 16.5. The molecule has 1 aromatic heterocycles. The minimum Gasteiger partial charge on any atom is -0.491 e. The number of hydrogen-bond donors (Lipinski definition) is 2. The molecule has 0 aliphatic carbocycles. The zero-order valence-electron chi connectivity index (χ0n) is 12.2. The molecule has 3 aromatic rings. The maximum absolute atomic E-state index is 12.3. The predicted octanol–water partition coefficient (Wildman–Crippen LogP) is 2.92. The van der Waals surface area contributed by atoms with Gasteiger partial charge in [0.15, 0.2) is 5.75 Å². The summed E-state index contributed by atoms with van der Waals surface area (Å²) in [5.41, 5.74) is 7.06. The van der Waals surface area contributed by atoms with Crippen molar-refractivity contribution in [2.24, 2.45) is 5.73 Å². The molecule has 0 unspecified atom stereocenters. The summed E-state index contributed by atoms with van der Waals surface area (Å²) in [4.78, 5) is 15.3. The summed E-state index contributed by atoms with van der Waals surface area (Å²) >= 11 is 0. The first-order valence-corrected chi connectivity index (χ1v) is 7.34. The van der Waals surface area contributed by atoms with Crippen molar-refractivity contribution >= 4 is 10.8 Å². The van der Waals surface area contributed by atoms with E-state index in [1.165, 1.54) is 0 Å². The molecular formula is C18H18N2O2. The van der Waals surface area contributed by atoms with Crippen LogP contribution in [0.5, 0.6) is 5.75 Å². The lowest BCUT2D eigenvalue weighted by Gasteiger charge is -2.14. The maximum Gasteiger partial charge on any atom is 0.256 e. The van der Waals surface area contributed by atoms with Crippen molar-refractivity contribution < 1.29 is 4.74 Å². The fraction of sp³-hybridized carbons (Fsp3) is 0.167. The van der Waals surface area contributed by atoms with E-state index in [2.05, 4.69) is 4.98 Å². The molecule has 0 atom stereocenters. The second-order valence-corrected chi connectivity index (χ2v) is 5.06. The molecule has 0 amide bonds. The Morgan fingerprint density at radius 1 is 0.955 bits per heavy atom. The van der Waals surface area contributed by atoms with Gasteiger partial charge < -0.3 is 15.5 Å². The van der Waals surface area contributed by atoms with E-state index < -0.39 is 0 Å². The van der Waals surface area contributed by atoms with Crippen LogP contribution in [0.15, 0.2) is 59.4 Å². The predicted molar refractivity (Wildman–Crippen MR) is 89.2 cm³/mol. The highest BCUT2D eigenvalue weighted by molar-refractivity contribution is 5.92. The topological polar surface area (TPSA) is 68.1 Å². The molecule has 0 saturated heterocycles. The van der Waals surface area contributed by atoms with Gasteiger partial charge in [0.25, 0.3) is 5.56 Å². The molecule has 22 heavy (non-hydrogen) atoms. The van der Waals surface area contributed by atoms with Crippen molar-refractivity contribution in [3.63, 3.8) is 0 Å². The normalized spacial score (nSPS) is 10.8. The van der Waals surface area contributed by atoms with E-state index in [1.807, 2.05) is 48.5 Å². The van der Waals surface area contributed by atoms with Gasteiger partial charge in [-0.25, -0.2) is 0 Å². The summed E-state index contributed by atoms with van der Waals surface area (Å²) in [6.45, 7) is 1.09. The van der Waals surface area contributed by atoms with Crippen LogP contribution in [-0.4, -0.2) is 18.1 Å². The van der Waals surface area contributed by atoms with E-state index in [1.54, 1.807) is 6.07 Å². The molecule has 0 fully saturated rings. The Morgan fingerprint density at radius 2 is 1.64 bits per heavy atom. The molecule has 0 aliphatic heterocycles. The SMILES string of the molecule is NCCCOc1c(-c2ccccc2)[nH]c(=O)c2ccccc12. The standard InChI is InChI=1S/C18H18N2O2/c19-11-6-12-22-17-14-9-4-5-10-15(14)18(21)20-16(17)13-7-2-1-3-8-13/h1-5,7-10H,6,11-12,19H2,(H,20,21). The van der Waals surface area contributed by atoms with E-state index in [9.17, 15) is 4.79 Å². The van der Waals surface area contributed by atoms with Crippen LogP contribution in [-0.2, 0) is 0 Å². The number of fused-ring (bicyclic) bond motifs is 1. The van der Waals surface area contributed by atoms with Crippen molar-refractivity contribution in [3.8, 4) is 17.0 Å². The number of rotatable bonds is 5. The lowest BCUT2D eigenvalue weighted by Crippen LogP contribution is -2.12. The number of nitrogens with one attached hydrogen (secondary N) is 1. The van der Waals surface area contributed by atoms with Crippen molar-refractivity contribution in [2.45, 2.75) is 6.42 Å². The van der Waals surface area contributed by atoms with E-state index in [0.717, 1.165) is 17.4 Å². The first-order valence-electron chi connectivity index (χ1n) is 7.34. The average Bonchev–Trinajstić information content (AvgIpc) is 2.58. The van der Waals surface area contributed by atoms with Gasteiger partial charge in [-0.15, -0.1) is 0 Å². The minimum absolute atomic E-state index is 0.111. The fourth-order valence-electron chi connectivity index (χ4n) is 2.47. The van der Waals surface area contributed by atoms with Crippen LogP contribution in [0.3, 0.4) is 0 Å². The van der Waals surface area contributed by atoms with Gasteiger partial charge in [-0.05, 0) is 19.0 Å². The Balaban J connectivity index is 2.21. The molecule has 4 heteroatoms. The van der Waals surface area contributed by atoms with Gasteiger partial charge in [0.1, 0.15) is 0 Å². The van der Waals surface area contributed by atoms with Gasteiger partial charge in [-0.2, -0.15) is 0 Å². The maximum atomic E-state index is 12.3. The number of ether oxygens (including phenoxy) is 1. The average molecular weight is 294 g/mol. The molecule has 0 bridgehead atoms. The first kappa shape index (κ1) is 14.4. The van der Waals surface area contributed by atoms with Crippen LogP contribution in [0.4, 0.5) is 0 Å². The van der Waals surface area contributed by atoms with Gasteiger partial charge in [-0.3, -0.25) is 4.79 Å². The third-order valence-electron chi connectivity index (χ3n) is 3.54. The van der Waals surface area contributed by atoms with Crippen molar-refractivity contribution in [3.05, 3.63) is 65.0 Å². The Kier molecular flexibility index (Phi) is 4.21. The summed E-state index contributed by atoms with van der Waals surface area (Å²) in [5.74, 6) is 0.704. The molecule has 0 aliphatic rings. The van der Waals surface area contributed by atoms with Crippen molar-refractivity contribution in [1.82, 2.24) is 4.98 Å². The Bertz CT molecular complexity index is 825. The molecular weight excluding hydrogens is 276 g/mol. The first-order chi connectivity index (χ1) is 10.8.